The Kier molecular flexibility index (Phi) is 10.3. The van der Waals surface area contributed by atoms with E-state index in [1.165, 1.54) is 51.9 Å². The summed E-state index contributed by atoms with van der Waals surface area (Å²) in [5.74, 6) is 0.0856. The van der Waals surface area contributed by atoms with Gasteiger partial charge in [0.2, 0.25) is 0 Å². The molecule has 146 valence electrons. The zero-order valence-electron chi connectivity index (χ0n) is 16.3. The van der Waals surface area contributed by atoms with Crippen molar-refractivity contribution >= 4 is 11.8 Å². The van der Waals surface area contributed by atoms with Crippen LogP contribution in [0.25, 0.3) is 0 Å². The second-order valence-electron chi connectivity index (χ2n) is 8.11. The van der Waals surface area contributed by atoms with Crippen LogP contribution in [0.5, 0.6) is 0 Å². The van der Waals surface area contributed by atoms with Crippen LogP contribution in [0, 0.1) is 11.8 Å². The lowest BCUT2D eigenvalue weighted by Crippen LogP contribution is -2.34. The van der Waals surface area contributed by atoms with Crippen LogP contribution in [-0.4, -0.2) is 27.6 Å². The number of hydrogen-bond donors (Lipinski definition) is 2. The van der Waals surface area contributed by atoms with E-state index in [4.69, 9.17) is 5.11 Å². The monoisotopic (exact) mass is 354 g/mol. The van der Waals surface area contributed by atoms with Gasteiger partial charge in [0.1, 0.15) is 5.78 Å². The van der Waals surface area contributed by atoms with Crippen molar-refractivity contribution in [3.05, 3.63) is 0 Å². The summed E-state index contributed by atoms with van der Waals surface area (Å²) in [6, 6.07) is 0. The Morgan fingerprint density at radius 3 is 2.32 bits per heavy atom. The van der Waals surface area contributed by atoms with E-state index in [0.717, 1.165) is 32.1 Å². The second-order valence-corrected chi connectivity index (χ2v) is 8.11. The molecule has 4 nitrogen and oxygen atoms in total. The molecule has 1 fully saturated rings. The maximum absolute atomic E-state index is 12.2. The van der Waals surface area contributed by atoms with Crippen LogP contribution >= 0.6 is 0 Å². The maximum atomic E-state index is 12.2. The van der Waals surface area contributed by atoms with Gasteiger partial charge in [-0.3, -0.25) is 4.79 Å². The molecule has 1 rings (SSSR count). The molecule has 0 aromatic heterocycles. The van der Waals surface area contributed by atoms with Gasteiger partial charge in [-0.15, -0.1) is 0 Å². The lowest BCUT2D eigenvalue weighted by Gasteiger charge is -2.19. The highest BCUT2D eigenvalue weighted by molar-refractivity contribution is 5.83. The van der Waals surface area contributed by atoms with E-state index in [1.807, 2.05) is 0 Å². The van der Waals surface area contributed by atoms with Gasteiger partial charge < -0.3 is 10.2 Å². The fourth-order valence-electron chi connectivity index (χ4n) is 4.02. The minimum Gasteiger partial charge on any atom is -0.479 e. The van der Waals surface area contributed by atoms with E-state index >= 15 is 0 Å². The van der Waals surface area contributed by atoms with Gasteiger partial charge in [0.05, 0.1) is 0 Å². The summed E-state index contributed by atoms with van der Waals surface area (Å²) < 4.78 is 0. The first-order valence-electron chi connectivity index (χ1n) is 10.4. The van der Waals surface area contributed by atoms with Crippen LogP contribution in [-0.2, 0) is 9.59 Å². The van der Waals surface area contributed by atoms with Crippen molar-refractivity contribution in [3.63, 3.8) is 0 Å². The molecule has 0 saturated heterocycles. The van der Waals surface area contributed by atoms with Gasteiger partial charge in [-0.2, -0.15) is 0 Å². The Labute approximate surface area is 153 Å². The van der Waals surface area contributed by atoms with E-state index < -0.39 is 11.6 Å². The minimum absolute atomic E-state index is 0.232. The van der Waals surface area contributed by atoms with Crippen LogP contribution in [0.15, 0.2) is 0 Å². The first-order valence-corrected chi connectivity index (χ1v) is 10.4. The fraction of sp³-hybridized carbons (Fsp3) is 0.905. The number of aliphatic carboxylic acids is 1. The van der Waals surface area contributed by atoms with Gasteiger partial charge in [0.25, 0.3) is 0 Å². The minimum atomic E-state index is -1.62. The summed E-state index contributed by atoms with van der Waals surface area (Å²) in [4.78, 5) is 23.0. The third kappa shape index (κ3) is 8.35. The van der Waals surface area contributed by atoms with Gasteiger partial charge >= 0.3 is 5.97 Å². The van der Waals surface area contributed by atoms with Gasteiger partial charge in [-0.05, 0) is 44.9 Å². The summed E-state index contributed by atoms with van der Waals surface area (Å²) in [6.07, 6.45) is 14.6. The number of rotatable bonds is 14. The molecule has 1 aliphatic carbocycles. The molecule has 0 radical (unpaired) electrons. The lowest BCUT2D eigenvalue weighted by molar-refractivity contribution is -0.157. The number of carboxylic acids is 1. The van der Waals surface area contributed by atoms with Crippen LogP contribution in [0.4, 0.5) is 0 Å². The van der Waals surface area contributed by atoms with Gasteiger partial charge in [-0.25, -0.2) is 4.79 Å². The number of Topliss-reactive ketones (excluding diaryl/α,β-unsaturated/α-hetero) is 1. The number of hydrogen-bond acceptors (Lipinski definition) is 3. The molecule has 0 heterocycles. The number of carboxylic acid groups (broad SMARTS) is 1. The zero-order valence-corrected chi connectivity index (χ0v) is 16.3. The van der Waals surface area contributed by atoms with Crippen LogP contribution < -0.4 is 0 Å². The molecule has 0 spiro atoms. The van der Waals surface area contributed by atoms with Gasteiger partial charge in [-0.1, -0.05) is 58.3 Å². The molecule has 25 heavy (non-hydrogen) atoms. The van der Waals surface area contributed by atoms with Crippen LogP contribution in [0.2, 0.25) is 0 Å². The predicted molar refractivity (Wildman–Crippen MR) is 101 cm³/mol. The smallest absolute Gasteiger partial charge is 0.335 e. The van der Waals surface area contributed by atoms with Crippen molar-refractivity contribution in [1.29, 1.82) is 0 Å². The first kappa shape index (κ1) is 22.1. The Balaban J connectivity index is 2.19. The van der Waals surface area contributed by atoms with E-state index in [2.05, 4.69) is 6.92 Å². The molecule has 3 atom stereocenters. The van der Waals surface area contributed by atoms with Crippen molar-refractivity contribution in [3.8, 4) is 0 Å². The highest BCUT2D eigenvalue weighted by Gasteiger charge is 2.33. The molecular weight excluding hydrogens is 316 g/mol. The van der Waals surface area contributed by atoms with E-state index in [-0.39, 0.29) is 12.3 Å². The quantitative estimate of drug-likeness (QED) is 0.425. The predicted octanol–water partition coefficient (Wildman–Crippen LogP) is 5.12. The largest absolute Gasteiger partial charge is 0.479 e. The number of ketones is 1. The topological polar surface area (TPSA) is 74.6 Å². The number of unbranched alkanes of at least 4 members (excludes halogenated alkanes) is 7. The van der Waals surface area contributed by atoms with Crippen LogP contribution in [0.3, 0.4) is 0 Å². The van der Waals surface area contributed by atoms with Crippen molar-refractivity contribution in [2.45, 2.75) is 109 Å². The number of carbonyl (C=O) groups is 2. The summed E-state index contributed by atoms with van der Waals surface area (Å²) in [6.45, 7) is 3.59. The third-order valence-corrected chi connectivity index (χ3v) is 5.81. The first-order chi connectivity index (χ1) is 11.9. The number of carbonyl (C=O) groups excluding carboxylic acids is 1. The summed E-state index contributed by atoms with van der Waals surface area (Å²) in [5, 5.41) is 18.6. The Bertz CT molecular complexity index is 403. The van der Waals surface area contributed by atoms with E-state index in [9.17, 15) is 14.7 Å². The molecule has 0 aromatic rings. The van der Waals surface area contributed by atoms with Crippen molar-refractivity contribution < 1.29 is 19.8 Å². The van der Waals surface area contributed by atoms with Crippen molar-refractivity contribution in [1.82, 2.24) is 0 Å². The standard InChI is InChI=1S/C21H38O4/c1-3-4-5-6-7-9-12-17-14-15-19(22)18(17)13-10-8-11-16-21(2,25)20(23)24/h17-18,25H,3-16H2,1-2H3,(H,23,24)/t17-,18+,21?/m0/s1. The molecule has 2 N–H and O–H groups in total. The Hall–Kier alpha value is -0.900. The highest BCUT2D eigenvalue weighted by Crippen LogP contribution is 2.36. The van der Waals surface area contributed by atoms with Gasteiger partial charge in [0, 0.05) is 12.3 Å². The molecule has 4 heteroatoms. The van der Waals surface area contributed by atoms with E-state index in [0.29, 0.717) is 18.1 Å². The Morgan fingerprint density at radius 1 is 1.04 bits per heavy atom. The summed E-state index contributed by atoms with van der Waals surface area (Å²) in [7, 11) is 0. The molecule has 1 saturated carbocycles. The molecule has 0 amide bonds. The lowest BCUT2D eigenvalue weighted by atomic mass is 9.86. The second kappa shape index (κ2) is 11.7. The van der Waals surface area contributed by atoms with Gasteiger partial charge in [0.15, 0.2) is 5.60 Å². The molecule has 0 aliphatic heterocycles. The summed E-state index contributed by atoms with van der Waals surface area (Å²) in [5.41, 5.74) is -1.62. The van der Waals surface area contributed by atoms with Crippen LogP contribution in [0.1, 0.15) is 104 Å². The molecule has 1 aliphatic rings. The molecular formula is C21H38O4. The number of aliphatic hydroxyl groups is 1. The van der Waals surface area contributed by atoms with E-state index in [1.54, 1.807) is 0 Å². The fourth-order valence-corrected chi connectivity index (χ4v) is 4.02. The SMILES string of the molecule is CCCCCCCC[C@H]1CCC(=O)[C@@H]1CCCCCC(C)(O)C(=O)O. The van der Waals surface area contributed by atoms with Crippen molar-refractivity contribution in [2.24, 2.45) is 11.8 Å². The normalized spacial score (nSPS) is 22.9. The molecule has 1 unspecified atom stereocenters. The Morgan fingerprint density at radius 2 is 1.64 bits per heavy atom. The average molecular weight is 355 g/mol. The maximum Gasteiger partial charge on any atom is 0.335 e. The van der Waals surface area contributed by atoms with Crippen molar-refractivity contribution in [2.75, 3.05) is 0 Å². The molecule has 0 aromatic carbocycles. The average Bonchev–Trinajstić information content (AvgIpc) is 2.90. The highest BCUT2D eigenvalue weighted by atomic mass is 16.4. The molecule has 0 bridgehead atoms. The third-order valence-electron chi connectivity index (χ3n) is 5.81. The summed E-state index contributed by atoms with van der Waals surface area (Å²) >= 11 is 0. The zero-order chi connectivity index (χ0) is 18.7.